The van der Waals surface area contributed by atoms with Crippen LogP contribution in [-0.2, 0) is 6.54 Å². The molecule has 0 spiro atoms. The Kier molecular flexibility index (Phi) is 4.89. The van der Waals surface area contributed by atoms with E-state index in [1.807, 2.05) is 0 Å². The molecule has 0 saturated carbocycles. The van der Waals surface area contributed by atoms with Crippen molar-refractivity contribution in [3.8, 4) is 11.3 Å². The molecule has 0 bridgehead atoms. The number of nitro benzene ring substituents is 1. The summed E-state index contributed by atoms with van der Waals surface area (Å²) in [7, 11) is 0. The van der Waals surface area contributed by atoms with E-state index in [0.717, 1.165) is 10.6 Å². The molecule has 0 saturated heterocycles. The highest BCUT2D eigenvalue weighted by Gasteiger charge is 2.24. The number of carboxylic acids is 1. The van der Waals surface area contributed by atoms with Crippen LogP contribution >= 0.6 is 11.3 Å². The molecule has 0 fully saturated rings. The molecule has 0 amide bonds. The Morgan fingerprint density at radius 1 is 1.43 bits per heavy atom. The predicted molar refractivity (Wildman–Crippen MR) is 80.7 cm³/mol. The largest absolute Gasteiger partial charge is 0.477 e. The summed E-state index contributed by atoms with van der Waals surface area (Å²) in [5.74, 6) is -1.36. The second kappa shape index (κ2) is 6.69. The quantitative estimate of drug-likeness (QED) is 0.514. The van der Waals surface area contributed by atoms with Gasteiger partial charge < -0.3 is 15.3 Å². The molecule has 1 unspecified atom stereocenters. The number of thiazole rings is 1. The van der Waals surface area contributed by atoms with Crippen molar-refractivity contribution >= 4 is 23.0 Å². The molecule has 1 aromatic heterocycles. The van der Waals surface area contributed by atoms with Gasteiger partial charge in [0.15, 0.2) is 0 Å². The first-order valence-corrected chi connectivity index (χ1v) is 7.17. The number of nitrogens with zero attached hydrogens (tertiary/aromatic N) is 2. The van der Waals surface area contributed by atoms with Crippen LogP contribution in [0, 0.1) is 10.1 Å². The fourth-order valence-corrected chi connectivity index (χ4v) is 2.90. The first kappa shape index (κ1) is 16.8. The van der Waals surface area contributed by atoms with Gasteiger partial charge in [-0.1, -0.05) is 23.5 Å². The van der Waals surface area contributed by atoms with Crippen LogP contribution < -0.4 is 4.87 Å². The lowest BCUT2D eigenvalue weighted by atomic mass is 10.1. The monoisotopic (exact) mass is 340 g/mol. The first-order valence-electron chi connectivity index (χ1n) is 6.35. The van der Waals surface area contributed by atoms with E-state index < -0.39 is 28.5 Å². The predicted octanol–water partition coefficient (Wildman–Crippen LogP) is 0.536. The first-order chi connectivity index (χ1) is 10.8. The Balaban J connectivity index is 2.68. The molecule has 9 nitrogen and oxygen atoms in total. The highest BCUT2D eigenvalue weighted by atomic mass is 32.1. The lowest BCUT2D eigenvalue weighted by molar-refractivity contribution is -0.384. The molecular weight excluding hydrogens is 328 g/mol. The van der Waals surface area contributed by atoms with Crippen LogP contribution in [0.4, 0.5) is 5.69 Å². The van der Waals surface area contributed by atoms with Crippen molar-refractivity contribution in [2.75, 3.05) is 6.61 Å². The van der Waals surface area contributed by atoms with Crippen LogP contribution in [0.2, 0.25) is 0 Å². The number of aliphatic hydroxyl groups is 2. The zero-order chi connectivity index (χ0) is 17.1. The van der Waals surface area contributed by atoms with Gasteiger partial charge in [-0.3, -0.25) is 19.5 Å². The third kappa shape index (κ3) is 3.44. The zero-order valence-corrected chi connectivity index (χ0v) is 12.4. The molecule has 23 heavy (non-hydrogen) atoms. The minimum absolute atomic E-state index is 0.0382. The third-order valence-electron chi connectivity index (χ3n) is 3.02. The molecule has 1 heterocycles. The van der Waals surface area contributed by atoms with Gasteiger partial charge >= 0.3 is 10.8 Å². The molecule has 2 aromatic rings. The molecule has 0 radical (unpaired) electrons. The maximum Gasteiger partial charge on any atom is 0.348 e. The van der Waals surface area contributed by atoms with Crippen LogP contribution in [0.5, 0.6) is 0 Å². The minimum atomic E-state index is -1.36. The number of hydrogen-bond acceptors (Lipinski definition) is 7. The van der Waals surface area contributed by atoms with Crippen molar-refractivity contribution in [3.05, 3.63) is 48.9 Å². The summed E-state index contributed by atoms with van der Waals surface area (Å²) in [6.45, 7) is -0.934. The van der Waals surface area contributed by atoms with Gasteiger partial charge in [0, 0.05) is 17.7 Å². The number of aliphatic hydroxyl groups excluding tert-OH is 2. The molecule has 1 atom stereocenters. The number of aromatic nitrogens is 1. The van der Waals surface area contributed by atoms with E-state index in [1.165, 1.54) is 18.2 Å². The summed E-state index contributed by atoms with van der Waals surface area (Å²) in [6.07, 6.45) is -1.26. The molecule has 0 aliphatic carbocycles. The smallest absolute Gasteiger partial charge is 0.348 e. The second-order valence-corrected chi connectivity index (χ2v) is 5.57. The Morgan fingerprint density at radius 3 is 2.70 bits per heavy atom. The van der Waals surface area contributed by atoms with Crippen molar-refractivity contribution in [1.82, 2.24) is 4.57 Å². The van der Waals surface area contributed by atoms with Gasteiger partial charge in [-0.05, 0) is 0 Å². The van der Waals surface area contributed by atoms with Crippen molar-refractivity contribution in [2.45, 2.75) is 12.6 Å². The molecular formula is C13H12N2O7S. The van der Waals surface area contributed by atoms with Gasteiger partial charge in [0.2, 0.25) is 0 Å². The van der Waals surface area contributed by atoms with Crippen molar-refractivity contribution in [1.29, 1.82) is 0 Å². The molecule has 1 aromatic carbocycles. The van der Waals surface area contributed by atoms with E-state index in [1.54, 1.807) is 0 Å². The summed E-state index contributed by atoms with van der Waals surface area (Å²) < 4.78 is 0.994. The Hall–Kier alpha value is -2.56. The zero-order valence-electron chi connectivity index (χ0n) is 11.6. The number of carbonyl (C=O) groups is 1. The Bertz CT molecular complexity index is 811. The van der Waals surface area contributed by atoms with Crippen LogP contribution in [-0.4, -0.2) is 43.5 Å². The van der Waals surface area contributed by atoms with Crippen molar-refractivity contribution in [3.63, 3.8) is 0 Å². The summed E-state index contributed by atoms with van der Waals surface area (Å²) in [4.78, 5) is 32.6. The fourth-order valence-electron chi connectivity index (χ4n) is 2.04. The topological polar surface area (TPSA) is 143 Å². The van der Waals surface area contributed by atoms with E-state index >= 15 is 0 Å². The Morgan fingerprint density at radius 2 is 2.13 bits per heavy atom. The van der Waals surface area contributed by atoms with E-state index in [9.17, 15) is 29.9 Å². The summed E-state index contributed by atoms with van der Waals surface area (Å²) in [5.41, 5.74) is -0.129. The number of non-ortho nitro benzene ring substituents is 1. The maximum absolute atomic E-state index is 12.0. The maximum atomic E-state index is 12.0. The average molecular weight is 340 g/mol. The van der Waals surface area contributed by atoms with Crippen molar-refractivity contribution in [2.24, 2.45) is 0 Å². The number of nitro groups is 1. The normalized spacial score (nSPS) is 12.1. The summed E-state index contributed by atoms with van der Waals surface area (Å²) in [6, 6.07) is 5.19. The number of hydrogen-bond donors (Lipinski definition) is 3. The van der Waals surface area contributed by atoms with Crippen LogP contribution in [0.3, 0.4) is 0 Å². The van der Waals surface area contributed by atoms with Crippen LogP contribution in [0.25, 0.3) is 11.3 Å². The van der Waals surface area contributed by atoms with E-state index in [0.29, 0.717) is 11.3 Å². The van der Waals surface area contributed by atoms with Gasteiger partial charge in [-0.15, -0.1) is 0 Å². The SMILES string of the molecule is O=C(O)c1sc(=O)n(CC(O)CO)c1-c1cccc([N+](=O)[O-])c1. The lowest BCUT2D eigenvalue weighted by Gasteiger charge is -2.12. The van der Waals surface area contributed by atoms with Crippen LogP contribution in [0.1, 0.15) is 9.67 Å². The molecule has 3 N–H and O–H groups in total. The number of carboxylic acid groups (broad SMARTS) is 1. The molecule has 122 valence electrons. The average Bonchev–Trinajstić information content (AvgIpc) is 2.84. The van der Waals surface area contributed by atoms with Crippen molar-refractivity contribution < 1.29 is 25.0 Å². The third-order valence-corrected chi connectivity index (χ3v) is 3.99. The minimum Gasteiger partial charge on any atom is -0.477 e. The highest BCUT2D eigenvalue weighted by Crippen LogP contribution is 2.29. The van der Waals surface area contributed by atoms with Gasteiger partial charge in [-0.2, -0.15) is 0 Å². The highest BCUT2D eigenvalue weighted by molar-refractivity contribution is 7.11. The number of benzene rings is 1. The molecule has 0 aliphatic heterocycles. The van der Waals surface area contributed by atoms with E-state index in [-0.39, 0.29) is 28.4 Å². The van der Waals surface area contributed by atoms with E-state index in [4.69, 9.17) is 5.11 Å². The Labute approximate surface area is 132 Å². The fraction of sp³-hybridized carbons (Fsp3) is 0.231. The molecule has 10 heteroatoms. The van der Waals surface area contributed by atoms with Crippen LogP contribution in [0.15, 0.2) is 29.1 Å². The standard InChI is InChI=1S/C13H12N2O7S/c16-6-9(17)5-14-10(11(12(18)19)23-13(14)20)7-2-1-3-8(4-7)15(21)22/h1-4,9,16-17H,5-6H2,(H,18,19). The van der Waals surface area contributed by atoms with Gasteiger partial charge in [0.05, 0.1) is 29.9 Å². The number of rotatable bonds is 6. The second-order valence-electron chi connectivity index (χ2n) is 4.61. The summed E-state index contributed by atoms with van der Waals surface area (Å²) >= 11 is 0.456. The lowest BCUT2D eigenvalue weighted by Crippen LogP contribution is -2.26. The molecule has 2 rings (SSSR count). The van der Waals surface area contributed by atoms with E-state index in [2.05, 4.69) is 0 Å². The molecule has 0 aliphatic rings. The number of aromatic carboxylic acids is 1. The van der Waals surface area contributed by atoms with Gasteiger partial charge in [-0.25, -0.2) is 4.79 Å². The summed E-state index contributed by atoms with van der Waals surface area (Å²) in [5, 5.41) is 38.6. The van der Waals surface area contributed by atoms with Gasteiger partial charge in [0.1, 0.15) is 4.88 Å². The van der Waals surface area contributed by atoms with Gasteiger partial charge in [0.25, 0.3) is 5.69 Å².